The molecule has 11 nitrogen and oxygen atoms in total. The lowest BCUT2D eigenvalue weighted by atomic mass is 10.1. The summed E-state index contributed by atoms with van der Waals surface area (Å²) in [7, 11) is 0. The number of carboxylic acids is 2. The molecule has 1 atom stereocenters. The van der Waals surface area contributed by atoms with Gasteiger partial charge in [0, 0.05) is 6.42 Å². The molecule has 0 aromatic heterocycles. The maximum absolute atomic E-state index is 11.7. The van der Waals surface area contributed by atoms with E-state index < -0.39 is 55.2 Å². The summed E-state index contributed by atoms with van der Waals surface area (Å²) in [6.07, 6.45) is -0.627. The molecule has 3 amide bonds. The third-order valence-corrected chi connectivity index (χ3v) is 2.34. The van der Waals surface area contributed by atoms with Gasteiger partial charge in [-0.15, -0.1) is 0 Å². The summed E-state index contributed by atoms with van der Waals surface area (Å²) < 4.78 is 0. The van der Waals surface area contributed by atoms with Gasteiger partial charge in [-0.1, -0.05) is 0 Å². The van der Waals surface area contributed by atoms with Gasteiger partial charge in [0.1, 0.15) is 12.6 Å². The van der Waals surface area contributed by atoms with Crippen molar-refractivity contribution in [3.05, 3.63) is 0 Å². The van der Waals surface area contributed by atoms with Crippen molar-refractivity contribution in [2.24, 2.45) is 5.73 Å². The second-order valence-corrected chi connectivity index (χ2v) is 4.14. The molecule has 7 N–H and O–H groups in total. The van der Waals surface area contributed by atoms with Crippen LogP contribution in [0.4, 0.5) is 0 Å². The van der Waals surface area contributed by atoms with Gasteiger partial charge in [-0.2, -0.15) is 0 Å². The molecule has 0 spiro atoms. The number of rotatable bonds is 10. The highest BCUT2D eigenvalue weighted by Gasteiger charge is 2.22. The van der Waals surface area contributed by atoms with E-state index >= 15 is 0 Å². The molecule has 11 heteroatoms. The normalized spacial score (nSPS) is 11.1. The van der Waals surface area contributed by atoms with E-state index in [1.165, 1.54) is 0 Å². The molecule has 0 unspecified atom stereocenters. The van der Waals surface area contributed by atoms with Gasteiger partial charge in [0.2, 0.25) is 17.7 Å². The summed E-state index contributed by atoms with van der Waals surface area (Å²) in [6, 6.07) is -1.22. The second-order valence-electron chi connectivity index (χ2n) is 4.14. The predicted octanol–water partition coefficient (Wildman–Crippen LogP) is -3.39. The summed E-state index contributed by atoms with van der Waals surface area (Å²) >= 11 is 0. The summed E-state index contributed by atoms with van der Waals surface area (Å²) in [4.78, 5) is 55.0. The van der Waals surface area contributed by atoms with Crippen LogP contribution in [0, 0.1) is 0 Å². The van der Waals surface area contributed by atoms with E-state index in [1.807, 2.05) is 5.32 Å². The Balaban J connectivity index is 4.53. The number of nitrogens with one attached hydrogen (secondary N) is 3. The number of hydrogen-bond acceptors (Lipinski definition) is 6. The number of carbonyl (C=O) groups excluding carboxylic acids is 3. The Kier molecular flexibility index (Phi) is 8.86. The number of amides is 3. The molecule has 124 valence electrons. The summed E-state index contributed by atoms with van der Waals surface area (Å²) in [5, 5.41) is 23.5. The van der Waals surface area contributed by atoms with Crippen LogP contribution in [0.1, 0.15) is 12.8 Å². The molecule has 0 fully saturated rings. The zero-order chi connectivity index (χ0) is 17.1. The SMILES string of the molecule is NCC(=O)NCC(=O)N[C@@H](CCC(=O)O)C(=O)NCC(=O)O. The molecule has 0 rings (SSSR count). The molecular formula is C11H18N4O7. The van der Waals surface area contributed by atoms with E-state index in [4.69, 9.17) is 15.9 Å². The van der Waals surface area contributed by atoms with Crippen LogP contribution in [0.5, 0.6) is 0 Å². The van der Waals surface area contributed by atoms with Gasteiger partial charge in [0.15, 0.2) is 0 Å². The molecule has 0 bridgehead atoms. The maximum Gasteiger partial charge on any atom is 0.322 e. The monoisotopic (exact) mass is 318 g/mol. The van der Waals surface area contributed by atoms with Gasteiger partial charge >= 0.3 is 11.9 Å². The van der Waals surface area contributed by atoms with E-state index in [0.29, 0.717) is 0 Å². The number of hydrogen-bond donors (Lipinski definition) is 6. The van der Waals surface area contributed by atoms with Crippen LogP contribution >= 0.6 is 0 Å². The zero-order valence-electron chi connectivity index (χ0n) is 11.6. The van der Waals surface area contributed by atoms with Crippen LogP contribution in [0.15, 0.2) is 0 Å². The molecule has 0 heterocycles. The first-order chi connectivity index (χ1) is 10.3. The minimum absolute atomic E-state index is 0.225. The molecule has 22 heavy (non-hydrogen) atoms. The average Bonchev–Trinajstić information content (AvgIpc) is 2.46. The first kappa shape index (κ1) is 19.3. The quantitative estimate of drug-likeness (QED) is 0.240. The molecule has 0 radical (unpaired) electrons. The first-order valence-corrected chi connectivity index (χ1v) is 6.23. The highest BCUT2D eigenvalue weighted by atomic mass is 16.4. The van der Waals surface area contributed by atoms with Crippen molar-refractivity contribution in [2.75, 3.05) is 19.6 Å². The summed E-state index contributed by atoms with van der Waals surface area (Å²) in [5.74, 6) is -4.61. The highest BCUT2D eigenvalue weighted by Crippen LogP contribution is 1.98. The Morgan fingerprint density at radius 2 is 1.55 bits per heavy atom. The largest absolute Gasteiger partial charge is 0.481 e. The van der Waals surface area contributed by atoms with Crippen LogP contribution in [-0.2, 0) is 24.0 Å². The lowest BCUT2D eigenvalue weighted by Crippen LogP contribution is -2.50. The molecule has 0 saturated heterocycles. The van der Waals surface area contributed by atoms with Gasteiger partial charge in [-0.05, 0) is 6.42 Å². The van der Waals surface area contributed by atoms with E-state index in [2.05, 4.69) is 10.6 Å². The number of nitrogens with two attached hydrogens (primary N) is 1. The number of carbonyl (C=O) groups is 5. The summed E-state index contributed by atoms with van der Waals surface area (Å²) in [5.41, 5.74) is 5.03. The molecule has 0 aliphatic heterocycles. The van der Waals surface area contributed by atoms with Crippen molar-refractivity contribution < 1.29 is 34.2 Å². The van der Waals surface area contributed by atoms with E-state index in [-0.39, 0.29) is 13.0 Å². The average molecular weight is 318 g/mol. The third kappa shape index (κ3) is 9.25. The Bertz CT molecular complexity index is 452. The fourth-order valence-corrected chi connectivity index (χ4v) is 1.32. The van der Waals surface area contributed by atoms with Gasteiger partial charge < -0.3 is 31.9 Å². The summed E-state index contributed by atoms with van der Waals surface area (Å²) in [6.45, 7) is -1.41. The standard InChI is InChI=1S/C11H18N4O7/c12-3-7(16)13-4-8(17)15-6(1-2-9(18)19)11(22)14-5-10(20)21/h6H,1-5,12H2,(H,13,16)(H,14,22)(H,15,17)(H,18,19)(H,20,21)/t6-/m0/s1. The molecule has 0 aromatic carbocycles. The van der Waals surface area contributed by atoms with Crippen LogP contribution in [0.25, 0.3) is 0 Å². The lowest BCUT2D eigenvalue weighted by Gasteiger charge is -2.17. The second kappa shape index (κ2) is 10.1. The van der Waals surface area contributed by atoms with Crippen LogP contribution < -0.4 is 21.7 Å². The van der Waals surface area contributed by atoms with Crippen molar-refractivity contribution in [1.29, 1.82) is 0 Å². The smallest absolute Gasteiger partial charge is 0.322 e. The van der Waals surface area contributed by atoms with Crippen LogP contribution in [-0.4, -0.2) is 65.5 Å². The number of aliphatic carboxylic acids is 2. The Labute approximate surface area is 125 Å². The number of carboxylic acid groups (broad SMARTS) is 2. The first-order valence-electron chi connectivity index (χ1n) is 6.23. The van der Waals surface area contributed by atoms with Crippen molar-refractivity contribution in [3.8, 4) is 0 Å². The van der Waals surface area contributed by atoms with Gasteiger partial charge in [-0.25, -0.2) is 0 Å². The molecular weight excluding hydrogens is 300 g/mol. The minimum Gasteiger partial charge on any atom is -0.481 e. The van der Waals surface area contributed by atoms with E-state index in [9.17, 15) is 24.0 Å². The topological polar surface area (TPSA) is 188 Å². The Morgan fingerprint density at radius 3 is 2.05 bits per heavy atom. The fourth-order valence-electron chi connectivity index (χ4n) is 1.32. The third-order valence-electron chi connectivity index (χ3n) is 2.34. The van der Waals surface area contributed by atoms with Crippen molar-refractivity contribution in [3.63, 3.8) is 0 Å². The Hall–Kier alpha value is -2.69. The Morgan fingerprint density at radius 1 is 0.909 bits per heavy atom. The molecule has 0 saturated carbocycles. The van der Waals surface area contributed by atoms with E-state index in [1.54, 1.807) is 0 Å². The fraction of sp³-hybridized carbons (Fsp3) is 0.545. The molecule has 0 aliphatic carbocycles. The van der Waals surface area contributed by atoms with Crippen molar-refractivity contribution >= 4 is 29.7 Å². The molecule has 0 aromatic rings. The predicted molar refractivity (Wildman–Crippen MR) is 71.5 cm³/mol. The highest BCUT2D eigenvalue weighted by molar-refractivity contribution is 5.91. The van der Waals surface area contributed by atoms with Crippen LogP contribution in [0.2, 0.25) is 0 Å². The van der Waals surface area contributed by atoms with Gasteiger partial charge in [-0.3, -0.25) is 24.0 Å². The van der Waals surface area contributed by atoms with Gasteiger partial charge in [0.25, 0.3) is 0 Å². The van der Waals surface area contributed by atoms with Crippen molar-refractivity contribution in [2.45, 2.75) is 18.9 Å². The van der Waals surface area contributed by atoms with Crippen LogP contribution in [0.3, 0.4) is 0 Å². The minimum atomic E-state index is -1.29. The van der Waals surface area contributed by atoms with Gasteiger partial charge in [0.05, 0.1) is 13.1 Å². The maximum atomic E-state index is 11.7. The molecule has 0 aliphatic rings. The lowest BCUT2D eigenvalue weighted by molar-refractivity contribution is -0.140. The van der Waals surface area contributed by atoms with Crippen molar-refractivity contribution in [1.82, 2.24) is 16.0 Å². The zero-order valence-corrected chi connectivity index (χ0v) is 11.6. The van der Waals surface area contributed by atoms with E-state index in [0.717, 1.165) is 0 Å².